The van der Waals surface area contributed by atoms with Gasteiger partial charge >= 0.3 is 5.97 Å². The number of morpholine rings is 1. The summed E-state index contributed by atoms with van der Waals surface area (Å²) in [7, 11) is 0. The third-order valence-electron chi connectivity index (χ3n) is 2.94. The fourth-order valence-corrected chi connectivity index (χ4v) is 1.91. The average molecular weight is 279 g/mol. The summed E-state index contributed by atoms with van der Waals surface area (Å²) in [5.74, 6) is -2.15. The number of carbonyl (C=O) groups excluding carboxylic acids is 1. The molecule has 0 bridgehead atoms. The number of amides is 1. The van der Waals surface area contributed by atoms with Crippen molar-refractivity contribution in [2.24, 2.45) is 0 Å². The minimum Gasteiger partial charge on any atom is -0.478 e. The van der Waals surface area contributed by atoms with Crippen LogP contribution in [0, 0.1) is 5.82 Å². The normalized spacial score (nSPS) is 15.6. The highest BCUT2D eigenvalue weighted by Gasteiger charge is 2.21. The summed E-state index contributed by atoms with van der Waals surface area (Å²) >= 11 is 0. The van der Waals surface area contributed by atoms with E-state index >= 15 is 0 Å². The summed E-state index contributed by atoms with van der Waals surface area (Å²) in [5, 5.41) is 8.50. The van der Waals surface area contributed by atoms with E-state index in [0.29, 0.717) is 31.9 Å². The molecule has 20 heavy (non-hydrogen) atoms. The molecule has 6 heteroatoms. The van der Waals surface area contributed by atoms with E-state index in [4.69, 9.17) is 9.84 Å². The van der Waals surface area contributed by atoms with Gasteiger partial charge in [0.25, 0.3) is 5.91 Å². The van der Waals surface area contributed by atoms with Gasteiger partial charge < -0.3 is 14.7 Å². The van der Waals surface area contributed by atoms with Crippen molar-refractivity contribution < 1.29 is 23.8 Å². The van der Waals surface area contributed by atoms with Crippen molar-refractivity contribution in [3.05, 3.63) is 41.2 Å². The molecule has 1 fully saturated rings. The summed E-state index contributed by atoms with van der Waals surface area (Å²) in [4.78, 5) is 24.0. The monoisotopic (exact) mass is 279 g/mol. The number of benzene rings is 1. The number of hydrogen-bond donors (Lipinski definition) is 1. The Labute approximate surface area is 115 Å². The van der Waals surface area contributed by atoms with Crippen LogP contribution in [0.4, 0.5) is 4.39 Å². The lowest BCUT2D eigenvalue weighted by Gasteiger charge is -2.27. The lowest BCUT2D eigenvalue weighted by atomic mass is 10.1. The molecule has 1 aromatic rings. The van der Waals surface area contributed by atoms with Crippen LogP contribution < -0.4 is 0 Å². The maximum atomic E-state index is 13.9. The van der Waals surface area contributed by atoms with E-state index in [1.54, 1.807) is 0 Å². The van der Waals surface area contributed by atoms with E-state index in [1.807, 2.05) is 0 Å². The van der Waals surface area contributed by atoms with E-state index in [-0.39, 0.29) is 11.5 Å². The third-order valence-corrected chi connectivity index (χ3v) is 2.94. The molecule has 1 heterocycles. The highest BCUT2D eigenvalue weighted by Crippen LogP contribution is 2.15. The Morgan fingerprint density at radius 1 is 1.30 bits per heavy atom. The lowest BCUT2D eigenvalue weighted by molar-refractivity contribution is -0.131. The smallest absolute Gasteiger partial charge is 0.328 e. The zero-order valence-electron chi connectivity index (χ0n) is 10.7. The molecule has 5 nitrogen and oxygen atoms in total. The number of carbonyl (C=O) groups is 2. The number of carboxylic acids is 1. The Bertz CT molecular complexity index is 550. The third kappa shape index (κ3) is 3.42. The average Bonchev–Trinajstić information content (AvgIpc) is 2.45. The molecular weight excluding hydrogens is 265 g/mol. The van der Waals surface area contributed by atoms with Gasteiger partial charge in [-0.05, 0) is 23.8 Å². The predicted molar refractivity (Wildman–Crippen MR) is 69.8 cm³/mol. The van der Waals surface area contributed by atoms with Crippen molar-refractivity contribution in [1.29, 1.82) is 0 Å². The molecule has 106 valence electrons. The van der Waals surface area contributed by atoms with E-state index in [9.17, 15) is 14.0 Å². The Kier molecular flexibility index (Phi) is 4.47. The first kappa shape index (κ1) is 14.2. The summed E-state index contributed by atoms with van der Waals surface area (Å²) in [6.45, 7) is 1.79. The predicted octanol–water partition coefficient (Wildman–Crippen LogP) is 1.40. The number of halogens is 1. The van der Waals surface area contributed by atoms with Crippen LogP contribution in [0.3, 0.4) is 0 Å². The quantitative estimate of drug-likeness (QED) is 0.849. The lowest BCUT2D eigenvalue weighted by Crippen LogP contribution is -2.41. The Morgan fingerprint density at radius 2 is 2.00 bits per heavy atom. The zero-order valence-corrected chi connectivity index (χ0v) is 10.7. The first-order chi connectivity index (χ1) is 9.58. The summed E-state index contributed by atoms with van der Waals surface area (Å²) in [5.41, 5.74) is 0.378. The van der Waals surface area contributed by atoms with E-state index < -0.39 is 11.8 Å². The molecule has 0 atom stereocenters. The maximum Gasteiger partial charge on any atom is 0.328 e. The minimum absolute atomic E-state index is 0.0145. The minimum atomic E-state index is -1.11. The van der Waals surface area contributed by atoms with Gasteiger partial charge in [0.1, 0.15) is 5.82 Å². The molecule has 1 amide bonds. The molecule has 0 spiro atoms. The number of aliphatic carboxylic acids is 1. The summed E-state index contributed by atoms with van der Waals surface area (Å²) < 4.78 is 19.1. The number of ether oxygens (including phenoxy) is 1. The molecule has 1 aliphatic rings. The number of hydrogen-bond acceptors (Lipinski definition) is 3. The standard InChI is InChI=1S/C14H14FNO4/c15-12-9-10(2-4-13(17)18)1-3-11(12)14(19)16-5-7-20-8-6-16/h1-4,9H,5-8H2,(H,17,18). The van der Waals surface area contributed by atoms with Crippen molar-refractivity contribution >= 4 is 18.0 Å². The molecular formula is C14H14FNO4. The van der Waals surface area contributed by atoms with Crippen molar-refractivity contribution in [2.45, 2.75) is 0 Å². The van der Waals surface area contributed by atoms with Crippen LogP contribution in [0.15, 0.2) is 24.3 Å². The van der Waals surface area contributed by atoms with Crippen molar-refractivity contribution in [2.75, 3.05) is 26.3 Å². The largest absolute Gasteiger partial charge is 0.478 e. The molecule has 0 radical (unpaired) electrons. The van der Waals surface area contributed by atoms with Gasteiger partial charge in [-0.2, -0.15) is 0 Å². The molecule has 0 aliphatic carbocycles. The highest BCUT2D eigenvalue weighted by molar-refractivity contribution is 5.95. The fraction of sp³-hybridized carbons (Fsp3) is 0.286. The van der Waals surface area contributed by atoms with Crippen LogP contribution in [0.5, 0.6) is 0 Å². The molecule has 0 unspecified atom stereocenters. The Balaban J connectivity index is 2.16. The van der Waals surface area contributed by atoms with Crippen LogP contribution in [0.1, 0.15) is 15.9 Å². The molecule has 0 saturated carbocycles. The van der Waals surface area contributed by atoms with Crippen LogP contribution in [-0.2, 0) is 9.53 Å². The van der Waals surface area contributed by atoms with Crippen LogP contribution >= 0.6 is 0 Å². The van der Waals surface area contributed by atoms with Gasteiger partial charge in [-0.15, -0.1) is 0 Å². The SMILES string of the molecule is O=C(O)C=Cc1ccc(C(=O)N2CCOCC2)c(F)c1. The van der Waals surface area contributed by atoms with Crippen LogP contribution in [0.2, 0.25) is 0 Å². The Morgan fingerprint density at radius 3 is 2.60 bits per heavy atom. The summed E-state index contributed by atoms with van der Waals surface area (Å²) in [6.07, 6.45) is 2.19. The second-order valence-electron chi connectivity index (χ2n) is 4.32. The van der Waals surface area contributed by atoms with Gasteiger partial charge in [0, 0.05) is 19.2 Å². The van der Waals surface area contributed by atoms with Crippen molar-refractivity contribution in [1.82, 2.24) is 4.90 Å². The Hall–Kier alpha value is -2.21. The first-order valence-electron chi connectivity index (χ1n) is 6.15. The van der Waals surface area contributed by atoms with Crippen molar-refractivity contribution in [3.63, 3.8) is 0 Å². The maximum absolute atomic E-state index is 13.9. The second kappa shape index (κ2) is 6.29. The molecule has 1 N–H and O–H groups in total. The van der Waals surface area contributed by atoms with Crippen LogP contribution in [0.25, 0.3) is 6.08 Å². The number of nitrogens with zero attached hydrogens (tertiary/aromatic N) is 1. The van der Waals surface area contributed by atoms with E-state index in [1.165, 1.54) is 23.1 Å². The van der Waals surface area contributed by atoms with Crippen LogP contribution in [-0.4, -0.2) is 48.2 Å². The number of carboxylic acid groups (broad SMARTS) is 1. The topological polar surface area (TPSA) is 66.8 Å². The molecule has 0 aromatic heterocycles. The molecule has 1 saturated heterocycles. The second-order valence-corrected chi connectivity index (χ2v) is 4.32. The van der Waals surface area contributed by atoms with Gasteiger partial charge in [0.15, 0.2) is 0 Å². The van der Waals surface area contributed by atoms with E-state index in [2.05, 4.69) is 0 Å². The first-order valence-corrected chi connectivity index (χ1v) is 6.15. The zero-order chi connectivity index (χ0) is 14.5. The fourth-order valence-electron chi connectivity index (χ4n) is 1.91. The van der Waals surface area contributed by atoms with Gasteiger partial charge in [0.2, 0.25) is 0 Å². The molecule has 1 aliphatic heterocycles. The molecule has 2 rings (SSSR count). The van der Waals surface area contributed by atoms with Gasteiger partial charge in [-0.3, -0.25) is 4.79 Å². The van der Waals surface area contributed by atoms with Crippen molar-refractivity contribution in [3.8, 4) is 0 Å². The van der Waals surface area contributed by atoms with Gasteiger partial charge in [0.05, 0.1) is 18.8 Å². The molecule has 1 aromatic carbocycles. The van der Waals surface area contributed by atoms with E-state index in [0.717, 1.165) is 12.1 Å². The van der Waals surface area contributed by atoms with Gasteiger partial charge in [-0.1, -0.05) is 6.07 Å². The number of rotatable bonds is 3. The summed E-state index contributed by atoms with van der Waals surface area (Å²) in [6, 6.07) is 4.03. The highest BCUT2D eigenvalue weighted by atomic mass is 19.1. The van der Waals surface area contributed by atoms with Gasteiger partial charge in [-0.25, -0.2) is 9.18 Å².